The number of rotatable bonds is 7. The number of hydrogen-bond donors (Lipinski definition) is 1. The van der Waals surface area contributed by atoms with E-state index in [9.17, 15) is 31.2 Å². The highest BCUT2D eigenvalue weighted by Crippen LogP contribution is 2.45. The van der Waals surface area contributed by atoms with Crippen molar-refractivity contribution in [1.82, 2.24) is 13.9 Å². The zero-order valence-corrected chi connectivity index (χ0v) is 22.9. The van der Waals surface area contributed by atoms with Crippen LogP contribution in [-0.2, 0) is 31.6 Å². The maximum absolute atomic E-state index is 14.1. The topological polar surface area (TPSA) is 128 Å². The van der Waals surface area contributed by atoms with Crippen LogP contribution in [-0.4, -0.2) is 53.0 Å². The fourth-order valence-electron chi connectivity index (χ4n) is 4.88. The molecule has 0 saturated carbocycles. The second-order valence-electron chi connectivity index (χ2n) is 9.47. The van der Waals surface area contributed by atoms with E-state index in [2.05, 4.69) is 9.72 Å². The Labute approximate surface area is 236 Å². The molecule has 2 amide bonds. The lowest BCUT2D eigenvalue weighted by Crippen LogP contribution is -2.57. The van der Waals surface area contributed by atoms with Crippen LogP contribution < -0.4 is 15.4 Å². The van der Waals surface area contributed by atoms with Crippen molar-refractivity contribution in [3.8, 4) is 5.75 Å². The van der Waals surface area contributed by atoms with Gasteiger partial charge in [0.15, 0.2) is 5.03 Å². The van der Waals surface area contributed by atoms with Crippen LogP contribution in [0.3, 0.4) is 0 Å². The zero-order valence-electron chi connectivity index (χ0n) is 20.5. The Bertz CT molecular complexity index is 1610. The minimum absolute atomic E-state index is 0.0371. The lowest BCUT2D eigenvalue weighted by Gasteiger charge is -2.37. The summed E-state index contributed by atoms with van der Waals surface area (Å²) in [7, 11) is -4.36. The number of carbonyl (C=O) groups excluding carboxylic acids is 2. The molecule has 1 saturated heterocycles. The maximum Gasteiger partial charge on any atom is 0.573 e. The molecule has 2 atom stereocenters. The average molecular weight is 618 g/mol. The number of carbonyl (C=O) groups is 2. The van der Waals surface area contributed by atoms with Crippen LogP contribution in [0.4, 0.5) is 24.8 Å². The number of nitrogens with zero attached hydrogens (tertiary/aromatic N) is 4. The molecular weight excluding hydrogens is 598 g/mol. The van der Waals surface area contributed by atoms with Crippen molar-refractivity contribution in [2.45, 2.75) is 42.7 Å². The predicted molar refractivity (Wildman–Crippen MR) is 138 cm³/mol. The lowest BCUT2D eigenvalue weighted by molar-refractivity contribution is -0.274. The minimum atomic E-state index is -4.89. The number of halogens is 5. The summed E-state index contributed by atoms with van der Waals surface area (Å²) >= 11 is 12.3. The summed E-state index contributed by atoms with van der Waals surface area (Å²) in [4.78, 5) is 31.3. The monoisotopic (exact) mass is 617 g/mol. The Morgan fingerprint density at radius 1 is 1.18 bits per heavy atom. The van der Waals surface area contributed by atoms with Gasteiger partial charge in [-0.25, -0.2) is 18.3 Å². The second-order valence-corrected chi connectivity index (χ2v) is 12.2. The van der Waals surface area contributed by atoms with Crippen molar-refractivity contribution in [2.24, 2.45) is 5.73 Å². The molecule has 2 aromatic carbocycles. The third kappa shape index (κ3) is 4.78. The first-order valence-electron chi connectivity index (χ1n) is 11.7. The number of fused-ring (bicyclic) bond motifs is 1. The van der Waals surface area contributed by atoms with Gasteiger partial charge in [0.05, 0.1) is 11.9 Å². The highest BCUT2D eigenvalue weighted by molar-refractivity contribution is 7.89. The lowest BCUT2D eigenvalue weighted by atomic mass is 9.92. The van der Waals surface area contributed by atoms with E-state index >= 15 is 0 Å². The van der Waals surface area contributed by atoms with E-state index in [1.54, 1.807) is 0 Å². The number of imidazole rings is 1. The Morgan fingerprint density at radius 2 is 1.80 bits per heavy atom. The molecule has 10 nitrogen and oxygen atoms in total. The molecular formula is C24H20Cl2F3N5O5S. The van der Waals surface area contributed by atoms with Gasteiger partial charge in [-0.1, -0.05) is 35.3 Å². The van der Waals surface area contributed by atoms with Crippen LogP contribution in [0.2, 0.25) is 10.0 Å². The van der Waals surface area contributed by atoms with Gasteiger partial charge in [0.2, 0.25) is 11.9 Å². The van der Waals surface area contributed by atoms with E-state index in [-0.39, 0.29) is 46.1 Å². The number of primary amides is 1. The molecule has 2 aliphatic rings. The number of sulfonamides is 1. The van der Waals surface area contributed by atoms with Crippen molar-refractivity contribution in [3.63, 3.8) is 0 Å². The maximum atomic E-state index is 14.1. The standard InChI is InChI=1S/C24H20Cl2F3N5O5S/c1-23(11-13-2-4-17(5-3-13)39-24(27,28)29)21(36)33(16-9-14(25)8-15(26)10-16)22-31-12-19(34(22)23)40(37,38)32-7-6-18(32)20(30)35/h2-5,8-10,12,18H,6-7,11H2,1H3,(H2,30,35)/t18-,23+/m0/s1. The van der Waals surface area contributed by atoms with E-state index in [1.807, 2.05) is 0 Å². The highest BCUT2D eigenvalue weighted by Gasteiger charge is 2.53. The third-order valence-corrected chi connectivity index (χ3v) is 9.06. The largest absolute Gasteiger partial charge is 0.573 e. The number of alkyl halides is 3. The number of amides is 2. The molecule has 1 fully saturated rings. The number of benzene rings is 2. The first kappa shape index (κ1) is 28.2. The van der Waals surface area contributed by atoms with E-state index in [0.717, 1.165) is 22.6 Å². The molecule has 212 valence electrons. The van der Waals surface area contributed by atoms with Gasteiger partial charge in [0, 0.05) is 23.0 Å². The fraction of sp³-hybridized carbons (Fsp3) is 0.292. The second kappa shape index (κ2) is 9.65. The summed E-state index contributed by atoms with van der Waals surface area (Å²) in [5.41, 5.74) is 4.35. The predicted octanol–water partition coefficient (Wildman–Crippen LogP) is 3.97. The Kier molecular flexibility index (Phi) is 6.80. The van der Waals surface area contributed by atoms with Gasteiger partial charge in [-0.15, -0.1) is 13.2 Å². The fourth-order valence-corrected chi connectivity index (χ4v) is 7.22. The smallest absolute Gasteiger partial charge is 0.406 e. The molecule has 0 aliphatic carbocycles. The van der Waals surface area contributed by atoms with Crippen LogP contribution in [0.1, 0.15) is 18.9 Å². The van der Waals surface area contributed by atoms with Crippen LogP contribution in [0.25, 0.3) is 0 Å². The van der Waals surface area contributed by atoms with Crippen molar-refractivity contribution in [1.29, 1.82) is 0 Å². The molecule has 5 rings (SSSR count). The summed E-state index contributed by atoms with van der Waals surface area (Å²) in [6, 6.07) is 8.15. The molecule has 40 heavy (non-hydrogen) atoms. The van der Waals surface area contributed by atoms with Crippen molar-refractivity contribution < 1.29 is 35.9 Å². The summed E-state index contributed by atoms with van der Waals surface area (Å²) < 4.78 is 71.3. The van der Waals surface area contributed by atoms with Crippen LogP contribution in [0, 0.1) is 0 Å². The first-order chi connectivity index (χ1) is 18.6. The third-order valence-electron chi connectivity index (χ3n) is 6.75. The molecule has 3 heterocycles. The highest BCUT2D eigenvalue weighted by atomic mass is 35.5. The molecule has 2 N–H and O–H groups in total. The van der Waals surface area contributed by atoms with E-state index in [1.165, 1.54) is 46.7 Å². The molecule has 3 aromatic rings. The van der Waals surface area contributed by atoms with Crippen molar-refractivity contribution >= 4 is 56.7 Å². The van der Waals surface area contributed by atoms with Gasteiger partial charge in [0.25, 0.3) is 15.9 Å². The number of aromatic nitrogens is 2. The van der Waals surface area contributed by atoms with Gasteiger partial charge in [0.1, 0.15) is 17.3 Å². The molecule has 2 aliphatic heterocycles. The number of nitrogens with two attached hydrogens (primary N) is 1. The molecule has 16 heteroatoms. The Balaban J connectivity index is 1.62. The van der Waals surface area contributed by atoms with E-state index in [4.69, 9.17) is 28.9 Å². The van der Waals surface area contributed by atoms with Gasteiger partial charge in [-0.05, 0) is 49.2 Å². The number of ether oxygens (including phenoxy) is 1. The summed E-state index contributed by atoms with van der Waals surface area (Å²) in [6.45, 7) is 1.52. The quantitative estimate of drug-likeness (QED) is 0.427. The van der Waals surface area contributed by atoms with Gasteiger partial charge < -0.3 is 10.5 Å². The summed E-state index contributed by atoms with van der Waals surface area (Å²) in [5, 5.41) is 0.0527. The molecule has 0 unspecified atom stereocenters. The molecule has 0 bridgehead atoms. The molecule has 0 radical (unpaired) electrons. The number of anilines is 2. The van der Waals surface area contributed by atoms with Gasteiger partial charge >= 0.3 is 6.36 Å². The van der Waals surface area contributed by atoms with Crippen LogP contribution in [0.15, 0.2) is 53.7 Å². The summed E-state index contributed by atoms with van der Waals surface area (Å²) in [5.74, 6) is -1.93. The van der Waals surface area contributed by atoms with Crippen LogP contribution >= 0.6 is 23.2 Å². The minimum Gasteiger partial charge on any atom is -0.406 e. The zero-order chi connectivity index (χ0) is 29.2. The van der Waals surface area contributed by atoms with Gasteiger partial charge in [-0.2, -0.15) is 4.31 Å². The molecule has 0 spiro atoms. The SMILES string of the molecule is C[C@@]1(Cc2ccc(OC(F)(F)F)cc2)C(=O)N(c2cc(Cl)cc(Cl)c2)c2ncc(S(=O)(=O)N3CC[C@H]3C(N)=O)n21. The van der Waals surface area contributed by atoms with Crippen LogP contribution in [0.5, 0.6) is 5.75 Å². The normalized spacial score (nSPS) is 21.3. The number of hydrogen-bond acceptors (Lipinski definition) is 6. The Morgan fingerprint density at radius 3 is 2.33 bits per heavy atom. The van der Waals surface area contributed by atoms with Gasteiger partial charge in [-0.3, -0.25) is 14.2 Å². The first-order valence-corrected chi connectivity index (χ1v) is 13.9. The summed E-state index contributed by atoms with van der Waals surface area (Å²) in [6.07, 6.45) is -3.72. The van der Waals surface area contributed by atoms with E-state index in [0.29, 0.717) is 5.56 Å². The van der Waals surface area contributed by atoms with Crippen molar-refractivity contribution in [3.05, 3.63) is 64.3 Å². The van der Waals surface area contributed by atoms with E-state index < -0.39 is 45.5 Å². The molecule has 1 aromatic heterocycles. The Hall–Kier alpha value is -3.33. The van der Waals surface area contributed by atoms with Crippen molar-refractivity contribution in [2.75, 3.05) is 11.4 Å². The average Bonchev–Trinajstić information content (AvgIpc) is 3.31.